The van der Waals surface area contributed by atoms with Crippen LogP contribution in [0.4, 0.5) is 11.4 Å². The number of nitrogens with zero attached hydrogens (tertiary/aromatic N) is 3. The van der Waals surface area contributed by atoms with Crippen LogP contribution in [0.1, 0.15) is 118 Å². The van der Waals surface area contributed by atoms with Crippen LogP contribution in [0.2, 0.25) is 0 Å². The average Bonchev–Trinajstić information content (AvgIpc) is 3.62. The van der Waals surface area contributed by atoms with E-state index in [9.17, 15) is 27.6 Å². The normalized spacial score (nSPS) is 17.3. The number of carbonyl (C=O) groups excluding carboxylic acids is 4. The van der Waals surface area contributed by atoms with Crippen molar-refractivity contribution in [1.82, 2.24) is 9.80 Å². The standard InChI is InChI=1S/C58H64N4O10S3/c1-7-50(63)54(75(67,68)70-6)19-21-73-74-58(3,4)20-18-55(64)60-44-24-37(34-71-51-30-49-48(22-36(51)2)57(66)62-33-43-15-11-9-13-40(43)27-46(62)31-59-49)23-38(25-44)35-72-53-28-41-16-17-45-26-39-12-8-10-14-42(39)32-61(45)56(65)47(41)29-52(53)69-5/h8-15,22-25,28-31,45-46,54H,7,16-21,26-27,32-35H2,1-6H3,(H,60,64)/t45-,46+,54?/m1/s1. The highest BCUT2D eigenvalue weighted by atomic mass is 33.1. The zero-order chi connectivity index (χ0) is 53.0. The summed E-state index contributed by atoms with van der Waals surface area (Å²) in [7, 11) is 1.65. The number of methoxy groups -OCH3 is 1. The minimum atomic E-state index is -4.00. The van der Waals surface area contributed by atoms with Gasteiger partial charge in [-0.15, -0.1) is 0 Å². The van der Waals surface area contributed by atoms with Gasteiger partial charge in [-0.1, -0.05) is 77.0 Å². The van der Waals surface area contributed by atoms with Crippen LogP contribution in [0.15, 0.2) is 96.0 Å². The molecule has 0 aromatic heterocycles. The molecule has 0 saturated heterocycles. The molecule has 0 radical (unpaired) electrons. The number of ketones is 1. The molecule has 75 heavy (non-hydrogen) atoms. The Kier molecular flexibility index (Phi) is 16.5. The summed E-state index contributed by atoms with van der Waals surface area (Å²) in [5.74, 6) is 1.27. The zero-order valence-electron chi connectivity index (χ0n) is 43.3. The van der Waals surface area contributed by atoms with Crippen molar-refractivity contribution < 1.29 is 46.0 Å². The van der Waals surface area contributed by atoms with Crippen molar-refractivity contribution in [1.29, 1.82) is 0 Å². The minimum Gasteiger partial charge on any atom is -0.493 e. The van der Waals surface area contributed by atoms with Crippen molar-refractivity contribution in [2.24, 2.45) is 4.99 Å². The van der Waals surface area contributed by atoms with Crippen LogP contribution in [-0.2, 0) is 69.5 Å². The molecule has 3 amide bonds. The molecule has 0 spiro atoms. The number of carbonyl (C=O) groups is 4. The number of nitrogens with one attached hydrogen (secondary N) is 1. The van der Waals surface area contributed by atoms with E-state index in [1.807, 2.05) is 91.4 Å². The van der Waals surface area contributed by atoms with E-state index in [0.29, 0.717) is 77.9 Å². The molecule has 0 aliphatic carbocycles. The maximum Gasteiger partial charge on any atom is 0.277 e. The fraction of sp³-hybridized carbons (Fsp3) is 0.397. The van der Waals surface area contributed by atoms with Gasteiger partial charge >= 0.3 is 0 Å². The number of rotatable bonds is 20. The van der Waals surface area contributed by atoms with Gasteiger partial charge in [0.05, 0.1) is 31.5 Å². The SMILES string of the molecule is CCC(=O)C(CCSSC(C)(C)CCC(=O)Nc1cc(COc2cc3c(cc2C)C(=O)N2Cc4ccccc4C[C@H]2C=N3)cc(COc2cc3c(cc2OC)C(=O)N2Cc4ccccc4C[C@H]2CC3)c1)S(=O)(=O)OC. The van der Waals surface area contributed by atoms with E-state index in [0.717, 1.165) is 47.8 Å². The van der Waals surface area contributed by atoms with E-state index in [1.165, 1.54) is 27.5 Å². The monoisotopic (exact) mass is 1070 g/mol. The molecule has 3 atom stereocenters. The smallest absolute Gasteiger partial charge is 0.277 e. The molecule has 17 heteroatoms. The molecule has 5 aromatic carbocycles. The lowest BCUT2D eigenvalue weighted by molar-refractivity contribution is -0.118. The lowest BCUT2D eigenvalue weighted by Crippen LogP contribution is -2.44. The summed E-state index contributed by atoms with van der Waals surface area (Å²) in [5, 5.41) is 1.89. The van der Waals surface area contributed by atoms with Crippen LogP contribution >= 0.6 is 21.6 Å². The molecule has 4 aliphatic rings. The number of benzene rings is 5. The van der Waals surface area contributed by atoms with Crippen LogP contribution in [0.3, 0.4) is 0 Å². The topological polar surface area (TPSA) is 170 Å². The van der Waals surface area contributed by atoms with Crippen molar-refractivity contribution in [2.75, 3.05) is 25.3 Å². The van der Waals surface area contributed by atoms with E-state index in [1.54, 1.807) is 30.9 Å². The molecule has 394 valence electrons. The van der Waals surface area contributed by atoms with Gasteiger partial charge in [0.1, 0.15) is 24.2 Å². The van der Waals surface area contributed by atoms with Crippen molar-refractivity contribution >= 4 is 72.8 Å². The van der Waals surface area contributed by atoms with Crippen molar-refractivity contribution in [3.63, 3.8) is 0 Å². The highest BCUT2D eigenvalue weighted by Gasteiger charge is 2.36. The number of aryl methyl sites for hydroxylation is 2. The van der Waals surface area contributed by atoms with Crippen molar-refractivity contribution in [2.45, 2.75) is 127 Å². The average molecular weight is 1070 g/mol. The quantitative estimate of drug-likeness (QED) is 0.0445. The second kappa shape index (κ2) is 23.0. The van der Waals surface area contributed by atoms with Crippen molar-refractivity contribution in [3.8, 4) is 17.2 Å². The summed E-state index contributed by atoms with van der Waals surface area (Å²) in [6, 6.07) is 29.6. The van der Waals surface area contributed by atoms with Crippen LogP contribution in [0, 0.1) is 6.92 Å². The minimum absolute atomic E-state index is 0.0145. The zero-order valence-corrected chi connectivity index (χ0v) is 45.8. The Morgan fingerprint density at radius 3 is 2.13 bits per heavy atom. The van der Waals surface area contributed by atoms with Gasteiger partial charge in [0.25, 0.3) is 21.9 Å². The summed E-state index contributed by atoms with van der Waals surface area (Å²) in [6.07, 6.45) is 5.85. The third kappa shape index (κ3) is 12.3. The number of fused-ring (bicyclic) bond motifs is 6. The molecule has 1 N–H and O–H groups in total. The Morgan fingerprint density at radius 1 is 0.800 bits per heavy atom. The number of hydrogen-bond acceptors (Lipinski definition) is 13. The van der Waals surface area contributed by atoms with Gasteiger partial charge in [0, 0.05) is 66.0 Å². The molecule has 9 rings (SSSR count). The number of Topliss-reactive ketones (excluding diaryl/α,β-unsaturated/α-hetero) is 1. The van der Waals surface area contributed by atoms with Gasteiger partial charge in [0.15, 0.2) is 17.3 Å². The fourth-order valence-corrected chi connectivity index (χ4v) is 14.3. The fourth-order valence-electron chi connectivity index (χ4n) is 10.3. The van der Waals surface area contributed by atoms with E-state index >= 15 is 0 Å². The highest BCUT2D eigenvalue weighted by Crippen LogP contribution is 2.41. The molecule has 14 nitrogen and oxygen atoms in total. The second-order valence-corrected chi connectivity index (χ2v) is 25.2. The van der Waals surface area contributed by atoms with Gasteiger partial charge in [-0.25, -0.2) is 0 Å². The maximum atomic E-state index is 14.2. The summed E-state index contributed by atoms with van der Waals surface area (Å²) < 4.78 is 48.1. The van der Waals surface area contributed by atoms with E-state index < -0.39 is 15.4 Å². The third-order valence-electron chi connectivity index (χ3n) is 14.6. The largest absolute Gasteiger partial charge is 0.493 e. The maximum absolute atomic E-state index is 14.2. The molecule has 0 bridgehead atoms. The first kappa shape index (κ1) is 53.7. The summed E-state index contributed by atoms with van der Waals surface area (Å²) >= 11 is 0. The second-order valence-electron chi connectivity index (χ2n) is 20.2. The summed E-state index contributed by atoms with van der Waals surface area (Å²) in [4.78, 5) is 63.1. The first-order valence-electron chi connectivity index (χ1n) is 25.5. The highest BCUT2D eigenvalue weighted by molar-refractivity contribution is 8.77. The number of hydrogen-bond donors (Lipinski definition) is 1. The van der Waals surface area contributed by atoms with Crippen LogP contribution < -0.4 is 19.5 Å². The number of aliphatic imine (C=N–C) groups is 1. The Morgan fingerprint density at radius 2 is 1.45 bits per heavy atom. The molecule has 1 unspecified atom stereocenters. The predicted molar refractivity (Wildman–Crippen MR) is 295 cm³/mol. The van der Waals surface area contributed by atoms with E-state index in [-0.39, 0.29) is 72.8 Å². The number of anilines is 1. The van der Waals surface area contributed by atoms with E-state index in [2.05, 4.69) is 39.8 Å². The van der Waals surface area contributed by atoms with Gasteiger partial charge in [-0.3, -0.25) is 28.4 Å². The Bertz CT molecular complexity index is 3160. The van der Waals surface area contributed by atoms with Gasteiger partial charge in [0.2, 0.25) is 5.91 Å². The summed E-state index contributed by atoms with van der Waals surface area (Å²) in [6.45, 7) is 8.92. The lowest BCUT2D eigenvalue weighted by Gasteiger charge is -2.35. The van der Waals surface area contributed by atoms with Crippen LogP contribution in [0.5, 0.6) is 17.2 Å². The van der Waals surface area contributed by atoms with Gasteiger partial charge in [-0.05, 0) is 140 Å². The first-order chi connectivity index (χ1) is 36.0. The van der Waals surface area contributed by atoms with Gasteiger partial charge in [-0.2, -0.15) is 8.42 Å². The summed E-state index contributed by atoms with van der Waals surface area (Å²) in [5.41, 5.74) is 10.2. The van der Waals surface area contributed by atoms with Crippen LogP contribution in [0.25, 0.3) is 0 Å². The molecule has 0 fully saturated rings. The van der Waals surface area contributed by atoms with E-state index in [4.69, 9.17) is 19.2 Å². The third-order valence-corrected chi connectivity index (χ3v) is 19.6. The molecule has 5 aromatic rings. The van der Waals surface area contributed by atoms with Crippen molar-refractivity contribution in [3.05, 3.63) is 147 Å². The molecule has 0 saturated carbocycles. The number of amides is 3. The van der Waals surface area contributed by atoms with Crippen LogP contribution in [-0.4, -0.2) is 90.0 Å². The Hall–Kier alpha value is -6.14. The molecular formula is C58H64N4O10S3. The lowest BCUT2D eigenvalue weighted by atomic mass is 9.92. The Balaban J connectivity index is 0.911. The Labute approximate surface area is 447 Å². The molecule has 4 heterocycles. The molecular weight excluding hydrogens is 1010 g/mol. The first-order valence-corrected chi connectivity index (χ1v) is 29.3. The molecule has 4 aliphatic heterocycles. The van der Waals surface area contributed by atoms with Gasteiger partial charge < -0.3 is 29.3 Å². The predicted octanol–water partition coefficient (Wildman–Crippen LogP) is 10.6. The number of ether oxygens (including phenoxy) is 3.